The molecule has 1 aliphatic rings. The molecule has 1 heterocycles. The number of alkyl halides is 3. The van der Waals surface area contributed by atoms with Crippen LogP contribution in [0.5, 0.6) is 0 Å². The summed E-state index contributed by atoms with van der Waals surface area (Å²) in [5, 5.41) is 19.1. The summed E-state index contributed by atoms with van der Waals surface area (Å²) in [6, 6.07) is 5.05. The first kappa shape index (κ1) is 15.6. The second-order valence-electron chi connectivity index (χ2n) is 5.56. The van der Waals surface area contributed by atoms with Gasteiger partial charge in [0.25, 0.3) is 0 Å². The first-order valence-corrected chi connectivity index (χ1v) is 6.81. The van der Waals surface area contributed by atoms with E-state index in [-0.39, 0.29) is 11.6 Å². The van der Waals surface area contributed by atoms with Gasteiger partial charge < -0.3 is 10.0 Å². The minimum absolute atomic E-state index is 0.230. The largest absolute Gasteiger partial charge is 0.417 e. The van der Waals surface area contributed by atoms with Crippen molar-refractivity contribution in [1.82, 2.24) is 0 Å². The number of rotatable bonds is 2. The Bertz CT molecular complexity index is 575. The van der Waals surface area contributed by atoms with Gasteiger partial charge in [-0.15, -0.1) is 0 Å². The summed E-state index contributed by atoms with van der Waals surface area (Å²) in [5.41, 5.74) is -1.83. The van der Waals surface area contributed by atoms with Crippen LogP contribution >= 0.6 is 0 Å². The van der Waals surface area contributed by atoms with Crippen molar-refractivity contribution in [2.45, 2.75) is 44.5 Å². The van der Waals surface area contributed by atoms with Gasteiger partial charge in [0, 0.05) is 12.2 Å². The minimum atomic E-state index is -4.56. The SMILES string of the molecule is CCC1N(c2ccc(C#N)c(C(F)(F)F)c2)CCC1(C)O. The maximum atomic E-state index is 13.0. The van der Waals surface area contributed by atoms with Gasteiger partial charge >= 0.3 is 6.18 Å². The molecular weight excluding hydrogens is 281 g/mol. The average molecular weight is 298 g/mol. The van der Waals surface area contributed by atoms with Gasteiger partial charge in [0.2, 0.25) is 0 Å². The second kappa shape index (κ2) is 5.23. The first-order chi connectivity index (χ1) is 9.70. The van der Waals surface area contributed by atoms with Crippen LogP contribution in [-0.2, 0) is 6.18 Å². The lowest BCUT2D eigenvalue weighted by molar-refractivity contribution is -0.137. The van der Waals surface area contributed by atoms with Crippen molar-refractivity contribution in [2.24, 2.45) is 0 Å². The fourth-order valence-electron chi connectivity index (χ4n) is 3.02. The lowest BCUT2D eigenvalue weighted by Gasteiger charge is -2.32. The summed E-state index contributed by atoms with van der Waals surface area (Å²) < 4.78 is 39.0. The fourth-order valence-corrected chi connectivity index (χ4v) is 3.02. The molecule has 1 fully saturated rings. The van der Waals surface area contributed by atoms with Crippen molar-refractivity contribution < 1.29 is 18.3 Å². The Labute approximate surface area is 121 Å². The Hall–Kier alpha value is -1.74. The zero-order valence-corrected chi connectivity index (χ0v) is 11.9. The van der Waals surface area contributed by atoms with E-state index < -0.39 is 17.3 Å². The Morgan fingerprint density at radius 1 is 1.48 bits per heavy atom. The van der Waals surface area contributed by atoms with E-state index in [0.717, 1.165) is 6.07 Å². The summed E-state index contributed by atoms with van der Waals surface area (Å²) in [6.07, 6.45) is -3.42. The standard InChI is InChI=1S/C15H17F3N2O/c1-3-13-14(2,21)6-7-20(13)11-5-4-10(9-19)12(8-11)15(16,17)18/h4-5,8,13,21H,3,6-7H2,1-2H3. The van der Waals surface area contributed by atoms with Crippen LogP contribution in [-0.4, -0.2) is 23.3 Å². The normalized spacial score (nSPS) is 26.0. The molecule has 114 valence electrons. The molecule has 0 aromatic heterocycles. The number of nitrogens with zero attached hydrogens (tertiary/aromatic N) is 2. The highest BCUT2D eigenvalue weighted by Crippen LogP contribution is 2.38. The van der Waals surface area contributed by atoms with Crippen LogP contribution in [0, 0.1) is 11.3 Å². The number of hydrogen-bond acceptors (Lipinski definition) is 3. The fraction of sp³-hybridized carbons (Fsp3) is 0.533. The van der Waals surface area contributed by atoms with E-state index in [1.165, 1.54) is 12.1 Å². The van der Waals surface area contributed by atoms with Gasteiger partial charge in [-0.1, -0.05) is 6.92 Å². The third-order valence-corrected chi connectivity index (χ3v) is 4.10. The molecule has 3 nitrogen and oxygen atoms in total. The van der Waals surface area contributed by atoms with E-state index in [0.29, 0.717) is 25.1 Å². The van der Waals surface area contributed by atoms with E-state index in [4.69, 9.17) is 5.26 Å². The number of nitriles is 1. The number of halogens is 3. The van der Waals surface area contributed by atoms with Gasteiger partial charge in [-0.2, -0.15) is 18.4 Å². The first-order valence-electron chi connectivity index (χ1n) is 6.81. The monoisotopic (exact) mass is 298 g/mol. The molecule has 0 spiro atoms. The number of hydrogen-bond donors (Lipinski definition) is 1. The van der Waals surface area contributed by atoms with Gasteiger partial charge in [0.05, 0.1) is 28.8 Å². The van der Waals surface area contributed by atoms with Crippen LogP contribution < -0.4 is 4.90 Å². The molecular formula is C15H17F3N2O. The molecule has 1 aromatic carbocycles. The molecule has 21 heavy (non-hydrogen) atoms. The van der Waals surface area contributed by atoms with Crippen LogP contribution in [0.25, 0.3) is 0 Å². The van der Waals surface area contributed by atoms with Crippen LogP contribution in [0.15, 0.2) is 18.2 Å². The average Bonchev–Trinajstić information content (AvgIpc) is 2.71. The predicted molar refractivity (Wildman–Crippen MR) is 72.8 cm³/mol. The molecule has 1 N–H and O–H groups in total. The molecule has 0 aliphatic carbocycles. The highest BCUT2D eigenvalue weighted by atomic mass is 19.4. The van der Waals surface area contributed by atoms with Crippen LogP contribution in [0.3, 0.4) is 0 Å². The molecule has 0 saturated carbocycles. The molecule has 2 unspecified atom stereocenters. The van der Waals surface area contributed by atoms with Gasteiger partial charge in [-0.3, -0.25) is 0 Å². The van der Waals surface area contributed by atoms with Crippen LogP contribution in [0.1, 0.15) is 37.8 Å². The lowest BCUT2D eigenvalue weighted by atomic mass is 9.95. The molecule has 6 heteroatoms. The van der Waals surface area contributed by atoms with E-state index >= 15 is 0 Å². The summed E-state index contributed by atoms with van der Waals surface area (Å²) in [5.74, 6) is 0. The Morgan fingerprint density at radius 2 is 2.14 bits per heavy atom. The molecule has 1 aromatic rings. The third-order valence-electron chi connectivity index (χ3n) is 4.10. The summed E-state index contributed by atoms with van der Waals surface area (Å²) in [4.78, 5) is 1.79. The van der Waals surface area contributed by atoms with Crippen molar-refractivity contribution in [3.63, 3.8) is 0 Å². The molecule has 0 amide bonds. The Kier molecular flexibility index (Phi) is 3.89. The van der Waals surface area contributed by atoms with Crippen molar-refractivity contribution in [1.29, 1.82) is 5.26 Å². The van der Waals surface area contributed by atoms with Crippen molar-refractivity contribution in [2.75, 3.05) is 11.4 Å². The maximum absolute atomic E-state index is 13.0. The molecule has 1 saturated heterocycles. The molecule has 0 radical (unpaired) electrons. The Balaban J connectivity index is 2.45. The van der Waals surface area contributed by atoms with Crippen molar-refractivity contribution in [3.8, 4) is 6.07 Å². The zero-order chi connectivity index (χ0) is 15.8. The maximum Gasteiger partial charge on any atom is 0.417 e. The van der Waals surface area contributed by atoms with Gasteiger partial charge in [-0.05, 0) is 38.0 Å². The molecule has 1 aliphatic heterocycles. The molecule has 0 bridgehead atoms. The van der Waals surface area contributed by atoms with Gasteiger partial charge in [0.15, 0.2) is 0 Å². The lowest BCUT2D eigenvalue weighted by Crippen LogP contribution is -2.42. The number of aliphatic hydroxyl groups is 1. The summed E-state index contributed by atoms with van der Waals surface area (Å²) in [6.45, 7) is 4.09. The van der Waals surface area contributed by atoms with E-state index in [9.17, 15) is 18.3 Å². The van der Waals surface area contributed by atoms with E-state index in [1.54, 1.807) is 17.9 Å². The molecule has 2 rings (SSSR count). The van der Waals surface area contributed by atoms with E-state index in [1.807, 2.05) is 6.92 Å². The van der Waals surface area contributed by atoms with E-state index in [2.05, 4.69) is 0 Å². The Morgan fingerprint density at radius 3 is 2.67 bits per heavy atom. The quantitative estimate of drug-likeness (QED) is 0.911. The highest BCUT2D eigenvalue weighted by molar-refractivity contribution is 5.56. The highest BCUT2D eigenvalue weighted by Gasteiger charge is 2.42. The predicted octanol–water partition coefficient (Wildman–Crippen LogP) is 3.32. The van der Waals surface area contributed by atoms with Crippen molar-refractivity contribution in [3.05, 3.63) is 29.3 Å². The van der Waals surface area contributed by atoms with Crippen molar-refractivity contribution >= 4 is 5.69 Å². The summed E-state index contributed by atoms with van der Waals surface area (Å²) >= 11 is 0. The molecule has 2 atom stereocenters. The zero-order valence-electron chi connectivity index (χ0n) is 11.9. The third kappa shape index (κ3) is 2.84. The van der Waals surface area contributed by atoms with Crippen LogP contribution in [0.2, 0.25) is 0 Å². The summed E-state index contributed by atoms with van der Waals surface area (Å²) in [7, 11) is 0. The smallest absolute Gasteiger partial charge is 0.388 e. The van der Waals surface area contributed by atoms with Gasteiger partial charge in [-0.25, -0.2) is 0 Å². The number of benzene rings is 1. The topological polar surface area (TPSA) is 47.3 Å². The van der Waals surface area contributed by atoms with Crippen LogP contribution in [0.4, 0.5) is 18.9 Å². The second-order valence-corrected chi connectivity index (χ2v) is 5.56. The van der Waals surface area contributed by atoms with Gasteiger partial charge in [0.1, 0.15) is 0 Å². The minimum Gasteiger partial charge on any atom is -0.388 e. The number of anilines is 1.